The first-order valence-electron chi connectivity index (χ1n) is 6.63. The van der Waals surface area contributed by atoms with Gasteiger partial charge in [-0.15, -0.1) is 0 Å². The highest BCUT2D eigenvalue weighted by Crippen LogP contribution is 2.17. The van der Waals surface area contributed by atoms with Crippen molar-refractivity contribution in [1.29, 1.82) is 0 Å². The molecule has 1 atom stereocenters. The molecule has 0 amide bonds. The summed E-state index contributed by atoms with van der Waals surface area (Å²) in [6, 6.07) is 17.7. The van der Waals surface area contributed by atoms with Gasteiger partial charge in [0.05, 0.1) is 0 Å². The summed E-state index contributed by atoms with van der Waals surface area (Å²) in [4.78, 5) is 24.0. The van der Waals surface area contributed by atoms with Crippen molar-refractivity contribution in [3.05, 3.63) is 94.8 Å². The Balaban J connectivity index is 0.000000246. The molecule has 1 aromatic heterocycles. The highest BCUT2D eigenvalue weighted by molar-refractivity contribution is 5.99. The van der Waals surface area contributed by atoms with E-state index in [1.54, 1.807) is 48.5 Å². The number of Topliss-reactive ketones (excluding diaryl/α,β-unsaturated/α-hetero) is 1. The Kier molecular flexibility index (Phi) is 5.45. The predicted molar refractivity (Wildman–Crippen MR) is 81.5 cm³/mol. The van der Waals surface area contributed by atoms with Crippen molar-refractivity contribution < 1.29 is 14.3 Å². The zero-order chi connectivity index (χ0) is 15.8. The van der Waals surface area contributed by atoms with Crippen molar-refractivity contribution in [3.8, 4) is 0 Å². The zero-order valence-electron chi connectivity index (χ0n) is 11.7. The van der Waals surface area contributed by atoms with E-state index in [9.17, 15) is 14.7 Å². The normalized spacial score (nSPS) is 11.1. The Hall–Kier alpha value is -2.92. The molecule has 0 bridgehead atoms. The van der Waals surface area contributed by atoms with Crippen molar-refractivity contribution >= 4 is 5.78 Å². The van der Waals surface area contributed by atoms with Gasteiger partial charge in [0, 0.05) is 11.8 Å². The number of oxazole rings is 1. The lowest BCUT2D eigenvalue weighted by atomic mass is 10.0. The summed E-state index contributed by atoms with van der Waals surface area (Å²) < 4.78 is 4.22. The van der Waals surface area contributed by atoms with Crippen LogP contribution in [0, 0.1) is 0 Å². The lowest BCUT2D eigenvalue weighted by molar-refractivity contribution is 0.0747. The summed E-state index contributed by atoms with van der Waals surface area (Å²) in [6.07, 6.45) is 1.65. The van der Waals surface area contributed by atoms with E-state index >= 15 is 0 Å². The summed E-state index contributed by atoms with van der Waals surface area (Å²) in [5, 5.41) is 9.89. The summed E-state index contributed by atoms with van der Waals surface area (Å²) in [5.41, 5.74) is 1.15. The summed E-state index contributed by atoms with van der Waals surface area (Å²) in [6.45, 7) is 0. The second-order valence-corrected chi connectivity index (χ2v) is 4.40. The number of carbonyl (C=O) groups is 1. The molecule has 2 N–H and O–H groups in total. The molecular weight excluding hydrogens is 282 g/mol. The van der Waals surface area contributed by atoms with Crippen LogP contribution in [0.5, 0.6) is 0 Å². The number of ketones is 1. The van der Waals surface area contributed by atoms with Gasteiger partial charge in [-0.2, -0.15) is 0 Å². The summed E-state index contributed by atoms with van der Waals surface area (Å²) in [5.74, 6) is -0.679. The minimum atomic E-state index is -1.08. The van der Waals surface area contributed by atoms with E-state index in [1.807, 2.05) is 12.1 Å². The molecule has 5 nitrogen and oxygen atoms in total. The van der Waals surface area contributed by atoms with Crippen LogP contribution < -0.4 is 5.76 Å². The molecule has 3 rings (SSSR count). The molecule has 112 valence electrons. The van der Waals surface area contributed by atoms with Crippen molar-refractivity contribution in [2.75, 3.05) is 0 Å². The molecule has 2 aromatic carbocycles. The third-order valence-electron chi connectivity index (χ3n) is 2.87. The monoisotopic (exact) mass is 297 g/mol. The molecule has 3 aromatic rings. The Morgan fingerprint density at radius 3 is 2.05 bits per heavy atom. The van der Waals surface area contributed by atoms with Crippen LogP contribution in [0.4, 0.5) is 0 Å². The molecule has 0 fully saturated rings. The first-order valence-corrected chi connectivity index (χ1v) is 6.63. The number of benzene rings is 2. The molecule has 22 heavy (non-hydrogen) atoms. The van der Waals surface area contributed by atoms with Gasteiger partial charge < -0.3 is 9.52 Å². The van der Waals surface area contributed by atoms with E-state index in [0.29, 0.717) is 11.1 Å². The maximum atomic E-state index is 11.9. The van der Waals surface area contributed by atoms with Gasteiger partial charge in [-0.3, -0.25) is 9.78 Å². The van der Waals surface area contributed by atoms with E-state index in [1.165, 1.54) is 12.5 Å². The van der Waals surface area contributed by atoms with Crippen LogP contribution in [0.15, 0.2) is 82.3 Å². The maximum Gasteiger partial charge on any atom is 0.416 e. The molecule has 0 aliphatic heterocycles. The van der Waals surface area contributed by atoms with E-state index in [-0.39, 0.29) is 5.78 Å². The Labute approximate surface area is 126 Å². The van der Waals surface area contributed by atoms with Gasteiger partial charge in [0.25, 0.3) is 0 Å². The number of H-pyrrole nitrogens is 1. The van der Waals surface area contributed by atoms with Crippen LogP contribution in [0.25, 0.3) is 0 Å². The second kappa shape index (κ2) is 7.75. The standard InChI is InChI=1S/C14H12O2.C3H3NO2/c15-13(11-7-3-1-4-8-11)14(16)12-9-5-2-6-10-12;5-3-4-1-2-6-3/h1-10,13,15H;1-2H,(H,4,5). The van der Waals surface area contributed by atoms with Crippen molar-refractivity contribution in [3.63, 3.8) is 0 Å². The maximum absolute atomic E-state index is 11.9. The smallest absolute Gasteiger partial charge is 0.416 e. The van der Waals surface area contributed by atoms with Crippen molar-refractivity contribution in [2.45, 2.75) is 6.10 Å². The first-order chi connectivity index (χ1) is 10.7. The van der Waals surface area contributed by atoms with Crippen LogP contribution >= 0.6 is 0 Å². The molecule has 5 heteroatoms. The van der Waals surface area contributed by atoms with Crippen molar-refractivity contribution in [2.24, 2.45) is 0 Å². The molecule has 0 saturated heterocycles. The van der Waals surface area contributed by atoms with E-state index in [4.69, 9.17) is 0 Å². The average Bonchev–Trinajstić information content (AvgIpc) is 3.07. The number of aliphatic hydroxyl groups excluding tert-OH is 1. The molecule has 0 spiro atoms. The van der Waals surface area contributed by atoms with Gasteiger partial charge in [0.1, 0.15) is 12.4 Å². The van der Waals surface area contributed by atoms with Crippen LogP contribution in [0.1, 0.15) is 22.0 Å². The summed E-state index contributed by atoms with van der Waals surface area (Å²) >= 11 is 0. The Morgan fingerprint density at radius 1 is 1.00 bits per heavy atom. The predicted octanol–water partition coefficient (Wildman–Crippen LogP) is 2.57. The highest BCUT2D eigenvalue weighted by Gasteiger charge is 2.18. The number of aliphatic hydroxyl groups is 1. The lowest BCUT2D eigenvalue weighted by Gasteiger charge is -2.09. The molecular formula is C17H15NO4. The largest absolute Gasteiger partial charge is 0.417 e. The van der Waals surface area contributed by atoms with Gasteiger partial charge >= 0.3 is 5.76 Å². The van der Waals surface area contributed by atoms with Crippen LogP contribution in [0.3, 0.4) is 0 Å². The summed E-state index contributed by atoms with van der Waals surface area (Å²) in [7, 11) is 0. The SMILES string of the molecule is O=C(c1ccccc1)C(O)c1ccccc1.O=c1[nH]cco1. The second-order valence-electron chi connectivity index (χ2n) is 4.40. The number of carbonyl (C=O) groups excluding carboxylic acids is 1. The molecule has 0 aliphatic rings. The van der Waals surface area contributed by atoms with Gasteiger partial charge in [0.2, 0.25) is 0 Å². The Bertz CT molecular complexity index is 730. The topological polar surface area (TPSA) is 83.3 Å². The molecule has 1 heterocycles. The number of aromatic nitrogens is 1. The molecule has 1 unspecified atom stereocenters. The molecule has 0 saturated carbocycles. The number of rotatable bonds is 3. The first kappa shape index (κ1) is 15.5. The van der Waals surface area contributed by atoms with Crippen LogP contribution in [-0.4, -0.2) is 15.9 Å². The van der Waals surface area contributed by atoms with E-state index in [0.717, 1.165) is 0 Å². The van der Waals surface area contributed by atoms with E-state index in [2.05, 4.69) is 9.40 Å². The van der Waals surface area contributed by atoms with Gasteiger partial charge in [0.15, 0.2) is 5.78 Å². The molecule has 0 radical (unpaired) electrons. The fraction of sp³-hybridized carbons (Fsp3) is 0.0588. The minimum Gasteiger partial charge on any atom is -0.417 e. The van der Waals surface area contributed by atoms with E-state index < -0.39 is 11.9 Å². The fourth-order valence-corrected chi connectivity index (χ4v) is 1.78. The molecule has 0 aliphatic carbocycles. The van der Waals surface area contributed by atoms with Crippen LogP contribution in [-0.2, 0) is 0 Å². The number of nitrogens with one attached hydrogen (secondary N) is 1. The van der Waals surface area contributed by atoms with Gasteiger partial charge in [-0.05, 0) is 5.56 Å². The van der Waals surface area contributed by atoms with Crippen LogP contribution in [0.2, 0.25) is 0 Å². The number of aromatic amines is 1. The minimum absolute atomic E-state index is 0.271. The average molecular weight is 297 g/mol. The number of hydrogen-bond acceptors (Lipinski definition) is 4. The third kappa shape index (κ3) is 4.29. The zero-order valence-corrected chi connectivity index (χ0v) is 11.7. The third-order valence-corrected chi connectivity index (χ3v) is 2.87. The Morgan fingerprint density at radius 2 is 1.59 bits per heavy atom. The number of hydrogen-bond donors (Lipinski definition) is 2. The fourth-order valence-electron chi connectivity index (χ4n) is 1.78. The van der Waals surface area contributed by atoms with Gasteiger partial charge in [-0.1, -0.05) is 60.7 Å². The van der Waals surface area contributed by atoms with Gasteiger partial charge in [-0.25, -0.2) is 4.79 Å². The lowest BCUT2D eigenvalue weighted by Crippen LogP contribution is -2.11. The highest BCUT2D eigenvalue weighted by atomic mass is 16.4. The quantitative estimate of drug-likeness (QED) is 0.728. The van der Waals surface area contributed by atoms with Crippen molar-refractivity contribution in [1.82, 2.24) is 4.98 Å².